The quantitative estimate of drug-likeness (QED) is 0.898. The molecule has 0 saturated carbocycles. The van der Waals surface area contributed by atoms with Gasteiger partial charge in [-0.15, -0.1) is 0 Å². The van der Waals surface area contributed by atoms with Crippen molar-refractivity contribution in [1.82, 2.24) is 19.8 Å². The molecule has 1 atom stereocenters. The van der Waals surface area contributed by atoms with Crippen LogP contribution < -0.4 is 0 Å². The van der Waals surface area contributed by atoms with Crippen LogP contribution in [-0.4, -0.2) is 71.5 Å². The smallest absolute Gasteiger partial charge is 0.289 e. The van der Waals surface area contributed by atoms with E-state index in [-0.39, 0.29) is 17.2 Å². The highest BCUT2D eigenvalue weighted by molar-refractivity contribution is 5.90. The molecule has 1 spiro atoms. The topological polar surface area (TPSA) is 78.5 Å². The predicted octanol–water partition coefficient (Wildman–Crippen LogP) is 1.21. The highest BCUT2D eigenvalue weighted by Gasteiger charge is 2.42. The van der Waals surface area contributed by atoms with Crippen LogP contribution in [0.4, 0.5) is 0 Å². The van der Waals surface area contributed by atoms with Crippen molar-refractivity contribution in [3.63, 3.8) is 0 Å². The number of aromatic amines is 1. The van der Waals surface area contributed by atoms with Crippen molar-refractivity contribution in [1.29, 1.82) is 0 Å². The molecule has 24 heavy (non-hydrogen) atoms. The van der Waals surface area contributed by atoms with E-state index in [1.807, 2.05) is 16.7 Å². The van der Waals surface area contributed by atoms with E-state index in [0.29, 0.717) is 31.9 Å². The lowest BCUT2D eigenvalue weighted by Crippen LogP contribution is -2.55. The van der Waals surface area contributed by atoms with E-state index in [2.05, 4.69) is 9.97 Å². The van der Waals surface area contributed by atoms with Crippen LogP contribution >= 0.6 is 0 Å². The Kier molecular flexibility index (Phi) is 4.89. The fraction of sp³-hybridized carbons (Fsp3) is 0.706. The van der Waals surface area contributed by atoms with Crippen LogP contribution in [0.15, 0.2) is 6.20 Å². The van der Waals surface area contributed by atoms with Gasteiger partial charge in [0.2, 0.25) is 5.91 Å². The van der Waals surface area contributed by atoms with E-state index in [0.717, 1.165) is 38.0 Å². The average molecular weight is 334 g/mol. The van der Waals surface area contributed by atoms with Gasteiger partial charge in [0.1, 0.15) is 0 Å². The molecule has 0 bridgehead atoms. The average Bonchev–Trinajstić information content (AvgIpc) is 3.02. The fourth-order valence-corrected chi connectivity index (χ4v) is 3.89. The van der Waals surface area contributed by atoms with Gasteiger partial charge in [-0.05, 0) is 26.2 Å². The van der Waals surface area contributed by atoms with E-state index in [1.54, 1.807) is 13.3 Å². The van der Waals surface area contributed by atoms with Gasteiger partial charge in [0.25, 0.3) is 5.91 Å². The molecule has 2 aliphatic rings. The summed E-state index contributed by atoms with van der Waals surface area (Å²) < 4.78 is 5.12. The minimum atomic E-state index is -0.0393. The molecule has 3 rings (SSSR count). The molecular formula is C17H26N4O3. The Labute approximate surface area is 142 Å². The molecule has 0 aromatic carbocycles. The van der Waals surface area contributed by atoms with Crippen LogP contribution in [0.1, 0.15) is 42.0 Å². The number of imidazole rings is 1. The van der Waals surface area contributed by atoms with Gasteiger partial charge in [-0.1, -0.05) is 0 Å². The maximum Gasteiger partial charge on any atom is 0.289 e. The minimum absolute atomic E-state index is 0.0111. The number of nitrogens with zero attached hydrogens (tertiary/aromatic N) is 3. The second-order valence-corrected chi connectivity index (χ2v) is 7.05. The summed E-state index contributed by atoms with van der Waals surface area (Å²) in [6.45, 7) is 5.24. The second-order valence-electron chi connectivity index (χ2n) is 7.05. The van der Waals surface area contributed by atoms with Gasteiger partial charge in [-0.25, -0.2) is 4.98 Å². The highest BCUT2D eigenvalue weighted by atomic mass is 16.5. The number of aromatic nitrogens is 2. The summed E-state index contributed by atoms with van der Waals surface area (Å²) >= 11 is 0. The van der Waals surface area contributed by atoms with Crippen molar-refractivity contribution in [2.45, 2.75) is 32.6 Å². The Bertz CT molecular complexity index is 615. The minimum Gasteiger partial charge on any atom is -0.383 e. The van der Waals surface area contributed by atoms with E-state index in [9.17, 15) is 9.59 Å². The van der Waals surface area contributed by atoms with Gasteiger partial charge < -0.3 is 19.5 Å². The summed E-state index contributed by atoms with van der Waals surface area (Å²) in [6.07, 6.45) is 5.13. The Morgan fingerprint density at radius 3 is 2.96 bits per heavy atom. The van der Waals surface area contributed by atoms with E-state index >= 15 is 0 Å². The van der Waals surface area contributed by atoms with Gasteiger partial charge in [0.05, 0.1) is 6.61 Å². The van der Waals surface area contributed by atoms with Gasteiger partial charge in [-0.3, -0.25) is 9.59 Å². The fourth-order valence-electron chi connectivity index (χ4n) is 3.89. The van der Waals surface area contributed by atoms with Gasteiger partial charge >= 0.3 is 0 Å². The first-order valence-corrected chi connectivity index (χ1v) is 8.61. The van der Waals surface area contributed by atoms with E-state index < -0.39 is 0 Å². The molecular weight excluding hydrogens is 308 g/mol. The number of H-pyrrole nitrogens is 1. The normalized spacial score (nSPS) is 24.7. The number of amides is 2. The van der Waals surface area contributed by atoms with Crippen LogP contribution in [0.5, 0.6) is 0 Å². The van der Waals surface area contributed by atoms with Gasteiger partial charge in [0.15, 0.2) is 5.82 Å². The van der Waals surface area contributed by atoms with Crippen LogP contribution in [0.3, 0.4) is 0 Å². The number of carbonyl (C=O) groups is 2. The van der Waals surface area contributed by atoms with E-state index in [1.165, 1.54) is 0 Å². The number of piperidine rings is 2. The number of ether oxygens (including phenoxy) is 1. The van der Waals surface area contributed by atoms with Gasteiger partial charge in [0, 0.05) is 57.0 Å². The van der Waals surface area contributed by atoms with Crippen LogP contribution in [0, 0.1) is 12.3 Å². The van der Waals surface area contributed by atoms with Crippen molar-refractivity contribution < 1.29 is 14.3 Å². The molecule has 3 heterocycles. The monoisotopic (exact) mass is 334 g/mol. The zero-order chi connectivity index (χ0) is 17.2. The summed E-state index contributed by atoms with van der Waals surface area (Å²) in [4.78, 5) is 35.8. The first kappa shape index (κ1) is 17.0. The van der Waals surface area contributed by atoms with Crippen LogP contribution in [-0.2, 0) is 9.53 Å². The standard InChI is InChI=1S/C17H26N4O3/c1-13-10-18-15(19-13)16(23)21-7-3-5-17(12-21)6-4-14(22)20(11-17)8-9-24-2/h10H,3-9,11-12H2,1-2H3,(H,18,19)/t17-/m0/s1. The number of carbonyl (C=O) groups excluding carboxylic acids is 2. The number of likely N-dealkylation sites (tertiary alicyclic amines) is 2. The maximum atomic E-state index is 12.7. The summed E-state index contributed by atoms with van der Waals surface area (Å²) in [6, 6.07) is 0. The zero-order valence-corrected chi connectivity index (χ0v) is 14.5. The molecule has 1 aromatic heterocycles. The number of aryl methyl sites for hydroxylation is 1. The third-order valence-electron chi connectivity index (χ3n) is 5.17. The third-order valence-corrected chi connectivity index (χ3v) is 5.17. The van der Waals surface area contributed by atoms with Crippen molar-refractivity contribution >= 4 is 11.8 Å². The molecule has 2 fully saturated rings. The Morgan fingerprint density at radius 1 is 1.42 bits per heavy atom. The zero-order valence-electron chi connectivity index (χ0n) is 14.5. The highest BCUT2D eigenvalue weighted by Crippen LogP contribution is 2.39. The Hall–Kier alpha value is -1.89. The molecule has 7 nitrogen and oxygen atoms in total. The molecule has 0 aliphatic carbocycles. The lowest BCUT2D eigenvalue weighted by Gasteiger charge is -2.48. The lowest BCUT2D eigenvalue weighted by molar-refractivity contribution is -0.139. The number of methoxy groups -OCH3 is 1. The summed E-state index contributed by atoms with van der Waals surface area (Å²) in [5.74, 6) is 0.568. The van der Waals surface area contributed by atoms with E-state index in [4.69, 9.17) is 4.74 Å². The lowest BCUT2D eigenvalue weighted by atomic mass is 9.73. The molecule has 2 amide bonds. The first-order valence-electron chi connectivity index (χ1n) is 8.61. The SMILES string of the molecule is COCCN1C[C@]2(CCCN(C(=O)c3ncc(C)[nH]3)C2)CCC1=O. The maximum absolute atomic E-state index is 12.7. The summed E-state index contributed by atoms with van der Waals surface area (Å²) in [7, 11) is 1.65. The molecule has 132 valence electrons. The first-order chi connectivity index (χ1) is 11.5. The number of hydrogen-bond donors (Lipinski definition) is 1. The summed E-state index contributed by atoms with van der Waals surface area (Å²) in [5.41, 5.74) is 0.899. The molecule has 7 heteroatoms. The largest absolute Gasteiger partial charge is 0.383 e. The number of hydrogen-bond acceptors (Lipinski definition) is 4. The third kappa shape index (κ3) is 3.45. The number of nitrogens with one attached hydrogen (secondary N) is 1. The van der Waals surface area contributed by atoms with Crippen molar-refractivity contribution in [2.75, 3.05) is 39.9 Å². The van der Waals surface area contributed by atoms with Crippen LogP contribution in [0.2, 0.25) is 0 Å². The molecule has 2 aliphatic heterocycles. The summed E-state index contributed by atoms with van der Waals surface area (Å²) in [5, 5.41) is 0. The molecule has 2 saturated heterocycles. The van der Waals surface area contributed by atoms with Crippen molar-refractivity contribution in [3.05, 3.63) is 17.7 Å². The Balaban J connectivity index is 1.69. The van der Waals surface area contributed by atoms with Gasteiger partial charge in [-0.2, -0.15) is 0 Å². The second kappa shape index (κ2) is 6.93. The molecule has 1 aromatic rings. The molecule has 0 radical (unpaired) electrons. The van der Waals surface area contributed by atoms with Crippen LogP contribution in [0.25, 0.3) is 0 Å². The molecule has 0 unspecified atom stereocenters. The van der Waals surface area contributed by atoms with Crippen molar-refractivity contribution in [3.8, 4) is 0 Å². The Morgan fingerprint density at radius 2 is 2.25 bits per heavy atom. The molecule has 1 N–H and O–H groups in total. The predicted molar refractivity (Wildman–Crippen MR) is 88.6 cm³/mol. The number of rotatable bonds is 4. The van der Waals surface area contributed by atoms with Crippen molar-refractivity contribution in [2.24, 2.45) is 5.41 Å².